The molecule has 6 heteroatoms. The Morgan fingerprint density at radius 1 is 1.41 bits per heavy atom. The summed E-state index contributed by atoms with van der Waals surface area (Å²) in [5, 5.41) is 0.389. The van der Waals surface area contributed by atoms with Crippen LogP contribution in [0.5, 0.6) is 0 Å². The second-order valence-corrected chi connectivity index (χ2v) is 4.26. The van der Waals surface area contributed by atoms with Gasteiger partial charge in [-0.25, -0.2) is 13.8 Å². The molecule has 2 aromatic rings. The zero-order valence-corrected chi connectivity index (χ0v) is 9.48. The van der Waals surface area contributed by atoms with Gasteiger partial charge < -0.3 is 4.98 Å². The molecule has 0 atom stereocenters. The van der Waals surface area contributed by atoms with Crippen LogP contribution in [0.3, 0.4) is 0 Å². The van der Waals surface area contributed by atoms with E-state index < -0.39 is 17.2 Å². The first-order valence-electron chi connectivity index (χ1n) is 4.74. The van der Waals surface area contributed by atoms with Crippen molar-refractivity contribution in [3.8, 4) is 0 Å². The number of fused-ring (bicyclic) bond motifs is 1. The quantitative estimate of drug-likeness (QED) is 0.520. The first-order chi connectivity index (χ1) is 8.11. The number of aromatic nitrogens is 2. The highest BCUT2D eigenvalue weighted by Gasteiger charge is 2.09. The van der Waals surface area contributed by atoms with Crippen molar-refractivity contribution in [3.63, 3.8) is 0 Å². The summed E-state index contributed by atoms with van der Waals surface area (Å²) in [7, 11) is 0. The van der Waals surface area contributed by atoms with E-state index in [-0.39, 0.29) is 10.9 Å². The molecular formula is C11H8F2N2OS. The van der Waals surface area contributed by atoms with Gasteiger partial charge in [-0.15, -0.1) is 6.58 Å². The number of benzene rings is 1. The molecule has 0 aliphatic heterocycles. The minimum Gasteiger partial charge on any atom is -0.301 e. The molecule has 3 nitrogen and oxygen atoms in total. The van der Waals surface area contributed by atoms with Crippen molar-refractivity contribution in [2.45, 2.75) is 5.16 Å². The zero-order valence-electron chi connectivity index (χ0n) is 8.67. The molecule has 0 aliphatic carbocycles. The van der Waals surface area contributed by atoms with E-state index in [1.165, 1.54) is 11.8 Å². The summed E-state index contributed by atoms with van der Waals surface area (Å²) in [6.45, 7) is 3.54. The van der Waals surface area contributed by atoms with E-state index >= 15 is 0 Å². The Labute approximate surface area is 99.6 Å². The topological polar surface area (TPSA) is 45.8 Å². The number of thioether (sulfide) groups is 1. The van der Waals surface area contributed by atoms with Crippen LogP contribution < -0.4 is 5.56 Å². The standard InChI is InChI=1S/C11H8F2N2OS/c1-2-3-17-11-14-9-5-8(13)7(12)4-6(9)10(16)15-11/h2,4-5H,1,3H2,(H,14,15,16). The summed E-state index contributed by atoms with van der Waals surface area (Å²) >= 11 is 1.26. The minimum atomic E-state index is -1.06. The monoisotopic (exact) mass is 254 g/mol. The van der Waals surface area contributed by atoms with Crippen molar-refractivity contribution in [2.75, 3.05) is 5.75 Å². The summed E-state index contributed by atoms with van der Waals surface area (Å²) in [6.07, 6.45) is 1.65. The third-order valence-corrected chi connectivity index (χ3v) is 2.93. The van der Waals surface area contributed by atoms with Crippen LogP contribution in [0.1, 0.15) is 0 Å². The largest absolute Gasteiger partial charge is 0.301 e. The SMILES string of the molecule is C=CCSc1nc2cc(F)c(F)cc2c(=O)[nH]1. The van der Waals surface area contributed by atoms with Crippen molar-refractivity contribution in [3.05, 3.63) is 46.8 Å². The maximum Gasteiger partial charge on any atom is 0.259 e. The smallest absolute Gasteiger partial charge is 0.259 e. The average Bonchev–Trinajstić information content (AvgIpc) is 2.29. The van der Waals surface area contributed by atoms with Gasteiger partial charge in [-0.05, 0) is 6.07 Å². The van der Waals surface area contributed by atoms with Crippen molar-refractivity contribution in [1.82, 2.24) is 9.97 Å². The lowest BCUT2D eigenvalue weighted by Gasteiger charge is -2.01. The third-order valence-electron chi connectivity index (χ3n) is 2.06. The van der Waals surface area contributed by atoms with E-state index in [0.717, 1.165) is 12.1 Å². The fraction of sp³-hybridized carbons (Fsp3) is 0.0909. The van der Waals surface area contributed by atoms with Crippen LogP contribution in [0.25, 0.3) is 10.9 Å². The second-order valence-electron chi connectivity index (χ2n) is 3.25. The summed E-state index contributed by atoms with van der Waals surface area (Å²) in [6, 6.07) is 1.76. The predicted molar refractivity (Wildman–Crippen MR) is 63.2 cm³/mol. The molecule has 1 N–H and O–H groups in total. The van der Waals surface area contributed by atoms with E-state index in [0.29, 0.717) is 10.9 Å². The lowest BCUT2D eigenvalue weighted by molar-refractivity contribution is 0.510. The highest BCUT2D eigenvalue weighted by atomic mass is 32.2. The molecule has 0 aliphatic rings. The van der Waals surface area contributed by atoms with Crippen LogP contribution in [-0.2, 0) is 0 Å². The summed E-state index contributed by atoms with van der Waals surface area (Å²) in [5.41, 5.74) is -0.348. The lowest BCUT2D eigenvalue weighted by atomic mass is 10.2. The van der Waals surface area contributed by atoms with Crippen LogP contribution in [0.15, 0.2) is 34.7 Å². The second kappa shape index (κ2) is 4.67. The molecule has 0 saturated heterocycles. The normalized spacial score (nSPS) is 10.7. The van der Waals surface area contributed by atoms with Gasteiger partial charge in [0.1, 0.15) is 0 Å². The molecule has 0 spiro atoms. The molecule has 0 amide bonds. The van der Waals surface area contributed by atoms with Gasteiger partial charge in [0.05, 0.1) is 10.9 Å². The Morgan fingerprint density at radius 2 is 2.12 bits per heavy atom. The number of halogens is 2. The molecule has 0 bridgehead atoms. The summed E-state index contributed by atoms with van der Waals surface area (Å²) < 4.78 is 26.0. The molecule has 0 saturated carbocycles. The molecule has 1 heterocycles. The number of nitrogens with zero attached hydrogens (tertiary/aromatic N) is 1. The van der Waals surface area contributed by atoms with E-state index in [2.05, 4.69) is 16.5 Å². The van der Waals surface area contributed by atoms with Crippen molar-refractivity contribution in [1.29, 1.82) is 0 Å². The maximum absolute atomic E-state index is 13.0. The van der Waals surface area contributed by atoms with Gasteiger partial charge >= 0.3 is 0 Å². The van der Waals surface area contributed by atoms with Gasteiger partial charge in [0.25, 0.3) is 5.56 Å². The van der Waals surface area contributed by atoms with Crippen LogP contribution in [0.2, 0.25) is 0 Å². The molecule has 88 valence electrons. The first-order valence-corrected chi connectivity index (χ1v) is 5.73. The highest BCUT2D eigenvalue weighted by Crippen LogP contribution is 2.17. The van der Waals surface area contributed by atoms with Gasteiger partial charge in [-0.2, -0.15) is 0 Å². The van der Waals surface area contributed by atoms with Crippen molar-refractivity contribution >= 4 is 22.7 Å². The Bertz CT molecular complexity index is 639. The van der Waals surface area contributed by atoms with E-state index in [4.69, 9.17) is 0 Å². The Hall–Kier alpha value is -1.69. The number of H-pyrrole nitrogens is 1. The van der Waals surface area contributed by atoms with Gasteiger partial charge in [0, 0.05) is 11.8 Å². The number of rotatable bonds is 3. The molecule has 17 heavy (non-hydrogen) atoms. The maximum atomic E-state index is 13.0. The molecule has 0 unspecified atom stereocenters. The van der Waals surface area contributed by atoms with Crippen molar-refractivity contribution in [2.24, 2.45) is 0 Å². The first kappa shape index (κ1) is 11.8. The number of aromatic amines is 1. The molecule has 2 rings (SSSR count). The van der Waals surface area contributed by atoms with Gasteiger partial charge in [0.15, 0.2) is 16.8 Å². The van der Waals surface area contributed by atoms with Crippen LogP contribution in [0, 0.1) is 11.6 Å². The van der Waals surface area contributed by atoms with Crippen molar-refractivity contribution < 1.29 is 8.78 Å². The van der Waals surface area contributed by atoms with Gasteiger partial charge in [0.2, 0.25) is 0 Å². The summed E-state index contributed by atoms with van der Waals surface area (Å²) in [5.74, 6) is -1.51. The fourth-order valence-corrected chi connectivity index (χ4v) is 1.92. The van der Waals surface area contributed by atoms with E-state index in [9.17, 15) is 13.6 Å². The van der Waals surface area contributed by atoms with Gasteiger partial charge in [-0.1, -0.05) is 17.8 Å². The van der Waals surface area contributed by atoms with Gasteiger partial charge in [-0.3, -0.25) is 4.79 Å². The Morgan fingerprint density at radius 3 is 2.82 bits per heavy atom. The summed E-state index contributed by atoms with van der Waals surface area (Å²) in [4.78, 5) is 18.1. The third kappa shape index (κ3) is 2.36. The van der Waals surface area contributed by atoms with E-state index in [1.807, 2.05) is 0 Å². The zero-order chi connectivity index (χ0) is 12.4. The molecule has 0 radical (unpaired) electrons. The number of nitrogens with one attached hydrogen (secondary N) is 1. The molecule has 1 aromatic heterocycles. The van der Waals surface area contributed by atoms with Crippen LogP contribution >= 0.6 is 11.8 Å². The lowest BCUT2D eigenvalue weighted by Crippen LogP contribution is -2.10. The molecular weight excluding hydrogens is 246 g/mol. The molecule has 1 aromatic carbocycles. The van der Waals surface area contributed by atoms with Crippen LogP contribution in [-0.4, -0.2) is 15.7 Å². The Kier molecular flexibility index (Phi) is 3.23. The van der Waals surface area contributed by atoms with E-state index in [1.54, 1.807) is 6.08 Å². The molecule has 0 fully saturated rings. The number of hydrogen-bond donors (Lipinski definition) is 1. The number of hydrogen-bond acceptors (Lipinski definition) is 3. The Balaban J connectivity index is 2.60. The minimum absolute atomic E-state index is 0.0341. The highest BCUT2D eigenvalue weighted by molar-refractivity contribution is 7.99. The average molecular weight is 254 g/mol. The predicted octanol–water partition coefficient (Wildman–Crippen LogP) is 2.48. The fourth-order valence-electron chi connectivity index (χ4n) is 1.32. The van der Waals surface area contributed by atoms with Crippen LogP contribution in [0.4, 0.5) is 8.78 Å².